The molecule has 0 aromatic carbocycles. The van der Waals surface area contributed by atoms with Crippen LogP contribution in [0.3, 0.4) is 0 Å². The molecule has 0 spiro atoms. The summed E-state index contributed by atoms with van der Waals surface area (Å²) in [4.78, 5) is 11.4. The number of ether oxygens (including phenoxy) is 1. The van der Waals surface area contributed by atoms with Gasteiger partial charge in [0, 0.05) is 0 Å². The Morgan fingerprint density at radius 1 is 1.38 bits per heavy atom. The van der Waals surface area contributed by atoms with Gasteiger partial charge in [0.05, 0.1) is 18.1 Å². The zero-order valence-electron chi connectivity index (χ0n) is 10.6. The fourth-order valence-electron chi connectivity index (χ4n) is 1.98. The number of carbonyl (C=O) groups excluding carboxylic acids is 1. The quantitative estimate of drug-likeness (QED) is 0.436. The molecule has 94 valence electrons. The number of hydrogen-bond donors (Lipinski definition) is 2. The first-order valence-corrected chi connectivity index (χ1v) is 6.08. The second kappa shape index (κ2) is 5.64. The molecule has 0 aromatic rings. The predicted molar refractivity (Wildman–Crippen MR) is 63.5 cm³/mol. The maximum Gasteiger partial charge on any atom is 0.241 e. The molecular weight excluding hydrogens is 204 g/mol. The molecule has 0 unspecified atom stereocenters. The summed E-state index contributed by atoms with van der Waals surface area (Å²) >= 11 is 0. The van der Waals surface area contributed by atoms with Gasteiger partial charge in [-0.05, 0) is 45.4 Å². The van der Waals surface area contributed by atoms with Crippen LogP contribution in [0, 0.1) is 11.3 Å². The lowest BCUT2D eigenvalue weighted by atomic mass is 9.88. The summed E-state index contributed by atoms with van der Waals surface area (Å²) in [6.07, 6.45) is 5.01. The van der Waals surface area contributed by atoms with E-state index in [4.69, 9.17) is 10.6 Å². The van der Waals surface area contributed by atoms with Crippen molar-refractivity contribution in [2.45, 2.75) is 52.6 Å². The van der Waals surface area contributed by atoms with Crippen LogP contribution < -0.4 is 11.3 Å². The van der Waals surface area contributed by atoms with Gasteiger partial charge in [0.2, 0.25) is 5.91 Å². The molecule has 1 fully saturated rings. The molecule has 4 heteroatoms. The number of hydrazine groups is 1. The molecular formula is C12H24N2O2. The molecule has 0 heterocycles. The standard InChI is InChI=1S/C12H24N2O2/c1-9-4-6-10(7-5-9)16-8-12(2,3)11(15)14-13/h9-10H,4-8,13H2,1-3H3,(H,14,15). The molecule has 1 saturated carbocycles. The minimum Gasteiger partial charge on any atom is -0.377 e. The predicted octanol–water partition coefficient (Wildman–Crippen LogP) is 1.60. The van der Waals surface area contributed by atoms with Crippen LogP contribution in [-0.4, -0.2) is 18.6 Å². The van der Waals surface area contributed by atoms with Crippen molar-refractivity contribution in [3.05, 3.63) is 0 Å². The lowest BCUT2D eigenvalue weighted by molar-refractivity contribution is -0.134. The Morgan fingerprint density at radius 2 is 1.94 bits per heavy atom. The highest BCUT2D eigenvalue weighted by Gasteiger charge is 2.29. The zero-order chi connectivity index (χ0) is 12.2. The van der Waals surface area contributed by atoms with Crippen molar-refractivity contribution in [1.82, 2.24) is 5.43 Å². The number of nitrogens with two attached hydrogens (primary N) is 1. The number of nitrogens with one attached hydrogen (secondary N) is 1. The maximum atomic E-state index is 11.4. The van der Waals surface area contributed by atoms with Crippen molar-refractivity contribution in [2.24, 2.45) is 17.2 Å². The van der Waals surface area contributed by atoms with Gasteiger partial charge in [0.1, 0.15) is 0 Å². The van der Waals surface area contributed by atoms with Crippen LogP contribution in [0.15, 0.2) is 0 Å². The van der Waals surface area contributed by atoms with Crippen molar-refractivity contribution in [3.8, 4) is 0 Å². The normalized spacial score (nSPS) is 26.5. The Morgan fingerprint density at radius 3 is 2.44 bits per heavy atom. The van der Waals surface area contributed by atoms with Crippen molar-refractivity contribution in [1.29, 1.82) is 0 Å². The van der Waals surface area contributed by atoms with E-state index in [1.165, 1.54) is 12.8 Å². The Labute approximate surface area is 97.9 Å². The van der Waals surface area contributed by atoms with Gasteiger partial charge >= 0.3 is 0 Å². The van der Waals surface area contributed by atoms with Gasteiger partial charge in [-0.1, -0.05) is 6.92 Å². The first-order chi connectivity index (χ1) is 7.45. The molecule has 0 aliphatic heterocycles. The summed E-state index contributed by atoms with van der Waals surface area (Å²) in [6, 6.07) is 0. The fourth-order valence-corrected chi connectivity index (χ4v) is 1.98. The molecule has 1 amide bonds. The van der Waals surface area contributed by atoms with E-state index in [1.54, 1.807) is 0 Å². The second-order valence-corrected chi connectivity index (χ2v) is 5.55. The summed E-state index contributed by atoms with van der Waals surface area (Å²) in [5, 5.41) is 0. The third kappa shape index (κ3) is 3.76. The van der Waals surface area contributed by atoms with Crippen molar-refractivity contribution < 1.29 is 9.53 Å². The van der Waals surface area contributed by atoms with Crippen molar-refractivity contribution in [3.63, 3.8) is 0 Å². The highest BCUT2D eigenvalue weighted by molar-refractivity contribution is 5.81. The monoisotopic (exact) mass is 228 g/mol. The summed E-state index contributed by atoms with van der Waals surface area (Å²) in [5.41, 5.74) is 1.64. The summed E-state index contributed by atoms with van der Waals surface area (Å²) < 4.78 is 5.80. The van der Waals surface area contributed by atoms with Gasteiger partial charge in [-0.3, -0.25) is 10.2 Å². The van der Waals surface area contributed by atoms with Crippen molar-refractivity contribution in [2.75, 3.05) is 6.61 Å². The molecule has 0 saturated heterocycles. The first kappa shape index (κ1) is 13.5. The minimum absolute atomic E-state index is 0.170. The lowest BCUT2D eigenvalue weighted by Crippen LogP contribution is -2.44. The van der Waals surface area contributed by atoms with E-state index in [9.17, 15) is 4.79 Å². The third-order valence-electron chi connectivity index (χ3n) is 3.39. The average molecular weight is 228 g/mol. The van der Waals surface area contributed by atoms with Gasteiger partial charge in [-0.2, -0.15) is 0 Å². The lowest BCUT2D eigenvalue weighted by Gasteiger charge is -2.30. The van der Waals surface area contributed by atoms with Crippen LogP contribution in [0.25, 0.3) is 0 Å². The molecule has 3 N–H and O–H groups in total. The Bertz CT molecular complexity index is 233. The zero-order valence-corrected chi connectivity index (χ0v) is 10.6. The highest BCUT2D eigenvalue weighted by atomic mass is 16.5. The number of carbonyl (C=O) groups is 1. The molecule has 1 rings (SSSR count). The Balaban J connectivity index is 2.31. The molecule has 0 atom stereocenters. The molecule has 1 aliphatic rings. The number of rotatable bonds is 4. The third-order valence-corrected chi connectivity index (χ3v) is 3.39. The van der Waals surface area contributed by atoms with Gasteiger partial charge in [0.25, 0.3) is 0 Å². The SMILES string of the molecule is CC1CCC(OCC(C)(C)C(=O)NN)CC1. The van der Waals surface area contributed by atoms with E-state index >= 15 is 0 Å². The Hall–Kier alpha value is -0.610. The topological polar surface area (TPSA) is 64.3 Å². The molecule has 1 aliphatic carbocycles. The number of amides is 1. The summed E-state index contributed by atoms with van der Waals surface area (Å²) in [5.74, 6) is 5.78. The Kier molecular flexibility index (Phi) is 4.74. The smallest absolute Gasteiger partial charge is 0.241 e. The van der Waals surface area contributed by atoms with E-state index in [0.29, 0.717) is 12.7 Å². The van der Waals surface area contributed by atoms with Crippen molar-refractivity contribution >= 4 is 5.91 Å². The van der Waals surface area contributed by atoms with E-state index in [0.717, 1.165) is 18.8 Å². The minimum atomic E-state index is -0.544. The van der Waals surface area contributed by atoms with Crippen LogP contribution in [-0.2, 0) is 9.53 Å². The fraction of sp³-hybridized carbons (Fsp3) is 0.917. The molecule has 0 aromatic heterocycles. The summed E-state index contributed by atoms with van der Waals surface area (Å²) in [6.45, 7) is 6.42. The second-order valence-electron chi connectivity index (χ2n) is 5.55. The average Bonchev–Trinajstić information content (AvgIpc) is 2.27. The highest BCUT2D eigenvalue weighted by Crippen LogP contribution is 2.27. The van der Waals surface area contributed by atoms with Gasteiger partial charge in [-0.25, -0.2) is 5.84 Å². The number of hydrogen-bond acceptors (Lipinski definition) is 3. The first-order valence-electron chi connectivity index (χ1n) is 6.08. The summed E-state index contributed by atoms with van der Waals surface area (Å²) in [7, 11) is 0. The van der Waals surface area contributed by atoms with Crippen LogP contribution in [0.5, 0.6) is 0 Å². The van der Waals surface area contributed by atoms with Crippen LogP contribution in [0.4, 0.5) is 0 Å². The maximum absolute atomic E-state index is 11.4. The largest absolute Gasteiger partial charge is 0.377 e. The van der Waals surface area contributed by atoms with E-state index < -0.39 is 5.41 Å². The van der Waals surface area contributed by atoms with E-state index in [-0.39, 0.29) is 5.91 Å². The van der Waals surface area contributed by atoms with E-state index in [2.05, 4.69) is 12.3 Å². The van der Waals surface area contributed by atoms with Crippen LogP contribution >= 0.6 is 0 Å². The van der Waals surface area contributed by atoms with Crippen LogP contribution in [0.1, 0.15) is 46.5 Å². The molecule has 0 bridgehead atoms. The van der Waals surface area contributed by atoms with Gasteiger partial charge in [-0.15, -0.1) is 0 Å². The van der Waals surface area contributed by atoms with Gasteiger partial charge < -0.3 is 4.74 Å². The molecule has 0 radical (unpaired) electrons. The van der Waals surface area contributed by atoms with E-state index in [1.807, 2.05) is 13.8 Å². The van der Waals surface area contributed by atoms with Gasteiger partial charge in [0.15, 0.2) is 0 Å². The molecule has 16 heavy (non-hydrogen) atoms. The molecule has 4 nitrogen and oxygen atoms in total. The van der Waals surface area contributed by atoms with Crippen LogP contribution in [0.2, 0.25) is 0 Å².